The number of hydrogen-bond acceptors (Lipinski definition) is 3. The maximum Gasteiger partial charge on any atom is 0.127 e. The standard InChI is InChI=1S/C21H25FN2O/c22-21-9-5-4-8-17(21)12-23-14-19-11-20(25)15-24(19)13-18(23)10-16-6-2-1-3-7-16/h1-9,18-20,25H,10-15H2/t18-,19-,20+/m0/s1. The third-order valence-corrected chi connectivity index (χ3v) is 5.56. The average Bonchev–Trinajstić information content (AvgIpc) is 2.97. The van der Waals surface area contributed by atoms with Crippen LogP contribution in [0.4, 0.5) is 4.39 Å². The van der Waals surface area contributed by atoms with Gasteiger partial charge in [0.05, 0.1) is 6.10 Å². The van der Waals surface area contributed by atoms with Crippen molar-refractivity contribution in [3.8, 4) is 0 Å². The fourth-order valence-electron chi connectivity index (χ4n) is 4.30. The van der Waals surface area contributed by atoms with Crippen LogP contribution in [0, 0.1) is 5.82 Å². The van der Waals surface area contributed by atoms with Crippen molar-refractivity contribution in [2.75, 3.05) is 19.6 Å². The molecule has 2 aliphatic heterocycles. The summed E-state index contributed by atoms with van der Waals surface area (Å²) in [5.41, 5.74) is 2.07. The number of rotatable bonds is 4. The summed E-state index contributed by atoms with van der Waals surface area (Å²) in [6, 6.07) is 18.3. The zero-order chi connectivity index (χ0) is 17.2. The van der Waals surface area contributed by atoms with Crippen molar-refractivity contribution >= 4 is 0 Å². The van der Waals surface area contributed by atoms with Gasteiger partial charge < -0.3 is 5.11 Å². The summed E-state index contributed by atoms with van der Waals surface area (Å²) in [5, 5.41) is 10.0. The maximum absolute atomic E-state index is 14.2. The van der Waals surface area contributed by atoms with Crippen molar-refractivity contribution < 1.29 is 9.50 Å². The van der Waals surface area contributed by atoms with Crippen molar-refractivity contribution in [2.24, 2.45) is 0 Å². The first-order chi connectivity index (χ1) is 12.2. The second-order valence-corrected chi connectivity index (χ2v) is 7.36. The van der Waals surface area contributed by atoms with E-state index in [0.717, 1.165) is 38.0 Å². The van der Waals surface area contributed by atoms with E-state index < -0.39 is 0 Å². The molecule has 0 spiro atoms. The lowest BCUT2D eigenvalue weighted by Crippen LogP contribution is -2.56. The van der Waals surface area contributed by atoms with E-state index in [-0.39, 0.29) is 11.9 Å². The van der Waals surface area contributed by atoms with E-state index in [4.69, 9.17) is 0 Å². The van der Waals surface area contributed by atoms with Gasteiger partial charge in [0.25, 0.3) is 0 Å². The number of aliphatic hydroxyl groups is 1. The lowest BCUT2D eigenvalue weighted by Gasteiger charge is -2.43. The average molecular weight is 340 g/mol. The Balaban J connectivity index is 1.55. The summed E-state index contributed by atoms with van der Waals surface area (Å²) >= 11 is 0. The zero-order valence-electron chi connectivity index (χ0n) is 14.4. The number of aliphatic hydroxyl groups excluding tert-OH is 1. The van der Waals surface area contributed by atoms with E-state index in [9.17, 15) is 9.50 Å². The molecule has 2 fully saturated rings. The van der Waals surface area contributed by atoms with Gasteiger partial charge in [-0.05, 0) is 24.5 Å². The largest absolute Gasteiger partial charge is 0.392 e. The van der Waals surface area contributed by atoms with Crippen LogP contribution >= 0.6 is 0 Å². The highest BCUT2D eigenvalue weighted by atomic mass is 19.1. The number of fused-ring (bicyclic) bond motifs is 1. The van der Waals surface area contributed by atoms with Crippen LogP contribution in [0.3, 0.4) is 0 Å². The molecular formula is C21H25FN2O. The van der Waals surface area contributed by atoms with E-state index >= 15 is 0 Å². The fourth-order valence-corrected chi connectivity index (χ4v) is 4.30. The Labute approximate surface area is 148 Å². The highest BCUT2D eigenvalue weighted by Crippen LogP contribution is 2.28. The quantitative estimate of drug-likeness (QED) is 0.927. The van der Waals surface area contributed by atoms with E-state index in [1.54, 1.807) is 6.07 Å². The summed E-state index contributed by atoms with van der Waals surface area (Å²) in [5.74, 6) is -0.130. The third-order valence-electron chi connectivity index (χ3n) is 5.56. The molecule has 25 heavy (non-hydrogen) atoms. The second-order valence-electron chi connectivity index (χ2n) is 7.36. The van der Waals surface area contributed by atoms with Crippen LogP contribution in [0.1, 0.15) is 17.5 Å². The molecular weight excluding hydrogens is 315 g/mol. The van der Waals surface area contributed by atoms with Gasteiger partial charge in [0.15, 0.2) is 0 Å². The van der Waals surface area contributed by atoms with E-state index in [0.29, 0.717) is 18.6 Å². The summed E-state index contributed by atoms with van der Waals surface area (Å²) in [7, 11) is 0. The number of halogens is 1. The van der Waals surface area contributed by atoms with Crippen LogP contribution in [0.5, 0.6) is 0 Å². The van der Waals surface area contributed by atoms with Crippen molar-refractivity contribution in [2.45, 2.75) is 37.6 Å². The minimum absolute atomic E-state index is 0.130. The number of nitrogens with zero attached hydrogens (tertiary/aromatic N) is 2. The molecule has 2 saturated heterocycles. The topological polar surface area (TPSA) is 26.7 Å². The minimum Gasteiger partial charge on any atom is -0.392 e. The summed E-state index contributed by atoms with van der Waals surface area (Å²) in [6.07, 6.45) is 1.55. The number of benzene rings is 2. The molecule has 0 aliphatic carbocycles. The lowest BCUT2D eigenvalue weighted by molar-refractivity contribution is 0.0438. The Morgan fingerprint density at radius 3 is 2.52 bits per heavy atom. The molecule has 0 saturated carbocycles. The molecule has 4 rings (SSSR count). The van der Waals surface area contributed by atoms with Gasteiger partial charge in [-0.1, -0.05) is 48.5 Å². The van der Waals surface area contributed by atoms with Gasteiger partial charge in [-0.25, -0.2) is 4.39 Å². The highest BCUT2D eigenvalue weighted by molar-refractivity contribution is 5.19. The maximum atomic E-state index is 14.2. The van der Waals surface area contributed by atoms with Crippen molar-refractivity contribution in [1.29, 1.82) is 0 Å². The van der Waals surface area contributed by atoms with Crippen LogP contribution < -0.4 is 0 Å². The van der Waals surface area contributed by atoms with Crippen LogP contribution in [-0.2, 0) is 13.0 Å². The van der Waals surface area contributed by atoms with Crippen molar-refractivity contribution in [3.63, 3.8) is 0 Å². The molecule has 132 valence electrons. The molecule has 3 nitrogen and oxygen atoms in total. The molecule has 2 aromatic rings. The second kappa shape index (κ2) is 7.24. The van der Waals surface area contributed by atoms with Gasteiger partial charge >= 0.3 is 0 Å². The fraction of sp³-hybridized carbons (Fsp3) is 0.429. The van der Waals surface area contributed by atoms with Gasteiger partial charge in [0, 0.05) is 43.8 Å². The Morgan fingerprint density at radius 2 is 1.72 bits per heavy atom. The number of hydrogen-bond donors (Lipinski definition) is 1. The van der Waals surface area contributed by atoms with Crippen LogP contribution in [0.15, 0.2) is 54.6 Å². The molecule has 0 aromatic heterocycles. The zero-order valence-corrected chi connectivity index (χ0v) is 14.4. The molecule has 0 radical (unpaired) electrons. The van der Waals surface area contributed by atoms with Crippen LogP contribution in [-0.4, -0.2) is 52.7 Å². The van der Waals surface area contributed by atoms with Crippen molar-refractivity contribution in [3.05, 3.63) is 71.5 Å². The van der Waals surface area contributed by atoms with E-state index in [2.05, 4.69) is 34.1 Å². The Hall–Kier alpha value is -1.75. The van der Waals surface area contributed by atoms with Gasteiger partial charge in [-0.15, -0.1) is 0 Å². The molecule has 4 heteroatoms. The monoisotopic (exact) mass is 340 g/mol. The van der Waals surface area contributed by atoms with Crippen LogP contribution in [0.25, 0.3) is 0 Å². The lowest BCUT2D eigenvalue weighted by atomic mass is 9.99. The summed E-state index contributed by atoms with van der Waals surface area (Å²) < 4.78 is 14.2. The third kappa shape index (κ3) is 3.76. The Bertz CT molecular complexity index is 708. The van der Waals surface area contributed by atoms with E-state index in [1.165, 1.54) is 11.6 Å². The molecule has 2 aliphatic rings. The predicted octanol–water partition coefficient (Wildman–Crippen LogP) is 2.69. The normalized spacial score (nSPS) is 27.4. The molecule has 0 amide bonds. The smallest absolute Gasteiger partial charge is 0.127 e. The first-order valence-electron chi connectivity index (χ1n) is 9.12. The van der Waals surface area contributed by atoms with Gasteiger partial charge in [-0.2, -0.15) is 0 Å². The predicted molar refractivity (Wildman–Crippen MR) is 96.7 cm³/mol. The van der Waals surface area contributed by atoms with Gasteiger partial charge in [0.2, 0.25) is 0 Å². The first-order valence-corrected chi connectivity index (χ1v) is 9.12. The summed E-state index contributed by atoms with van der Waals surface area (Å²) in [6.45, 7) is 3.22. The molecule has 0 unspecified atom stereocenters. The molecule has 3 atom stereocenters. The van der Waals surface area contributed by atoms with Crippen molar-refractivity contribution in [1.82, 2.24) is 9.80 Å². The van der Waals surface area contributed by atoms with Crippen LogP contribution in [0.2, 0.25) is 0 Å². The Morgan fingerprint density at radius 1 is 0.960 bits per heavy atom. The highest BCUT2D eigenvalue weighted by Gasteiger charge is 2.39. The Kier molecular flexibility index (Phi) is 4.84. The molecule has 2 heterocycles. The SMILES string of the molecule is O[C@@H]1C[C@H]2CN(Cc3ccccc3F)[C@@H](Cc3ccccc3)CN2C1. The minimum atomic E-state index is -0.226. The van der Waals surface area contributed by atoms with E-state index in [1.807, 2.05) is 18.2 Å². The molecule has 1 N–H and O–H groups in total. The molecule has 0 bridgehead atoms. The number of piperazine rings is 1. The summed E-state index contributed by atoms with van der Waals surface area (Å²) in [4.78, 5) is 4.82. The first kappa shape index (κ1) is 16.7. The van der Waals surface area contributed by atoms with Gasteiger partial charge in [-0.3, -0.25) is 9.80 Å². The molecule has 2 aromatic carbocycles. The van der Waals surface area contributed by atoms with Gasteiger partial charge in [0.1, 0.15) is 5.82 Å².